The van der Waals surface area contributed by atoms with Crippen LogP contribution >= 0.6 is 35.3 Å². The summed E-state index contributed by atoms with van der Waals surface area (Å²) in [5, 5.41) is 9.18. The van der Waals surface area contributed by atoms with Crippen molar-refractivity contribution >= 4 is 59.1 Å². The fourth-order valence-electron chi connectivity index (χ4n) is 10.6. The molecule has 9 rings (SSSR count). The van der Waals surface area contributed by atoms with Crippen LogP contribution < -0.4 is 16.0 Å². The molecule has 4 amide bonds. The number of benzene rings is 9. The third-order valence-corrected chi connectivity index (χ3v) is 20.2. The molecule has 0 spiro atoms. The predicted molar refractivity (Wildman–Crippen MR) is 351 cm³/mol. The maximum atomic E-state index is 15.9. The first-order valence-corrected chi connectivity index (χ1v) is 31.5. The lowest BCUT2D eigenvalue weighted by Gasteiger charge is -2.38. The van der Waals surface area contributed by atoms with E-state index in [1.807, 2.05) is 185 Å². The first kappa shape index (κ1) is 61.3. The van der Waals surface area contributed by atoms with Gasteiger partial charge in [-0.05, 0) is 70.8 Å². The van der Waals surface area contributed by atoms with Crippen molar-refractivity contribution in [3.05, 3.63) is 323 Å². The van der Waals surface area contributed by atoms with Crippen LogP contribution in [0, 0.1) is 0 Å². The highest BCUT2D eigenvalue weighted by Gasteiger charge is 2.44. The van der Waals surface area contributed by atoms with Crippen LogP contribution in [-0.4, -0.2) is 83.8 Å². The van der Waals surface area contributed by atoms with Crippen molar-refractivity contribution in [1.29, 1.82) is 0 Å². The quantitative estimate of drug-likeness (QED) is 0.0512. The first-order valence-electron chi connectivity index (χ1n) is 28.5. The number of likely N-dealkylation sites (N-methyl/N-ethyl adjacent to an activating group) is 1. The molecule has 0 aliphatic heterocycles. The van der Waals surface area contributed by atoms with Crippen molar-refractivity contribution in [2.24, 2.45) is 0 Å². The lowest BCUT2D eigenvalue weighted by molar-refractivity contribution is -0.134. The Morgan fingerprint density at radius 1 is 0.365 bits per heavy atom. The predicted octanol–water partition coefficient (Wildman–Crippen LogP) is 14.1. The Hall–Kier alpha value is -8.29. The molecule has 432 valence electrons. The van der Waals surface area contributed by atoms with E-state index in [1.165, 1.54) is 28.4 Å². The Labute approximate surface area is 513 Å². The van der Waals surface area contributed by atoms with Crippen LogP contribution in [0.4, 0.5) is 4.79 Å². The maximum Gasteiger partial charge on any atom is 0.410 e. The van der Waals surface area contributed by atoms with Gasteiger partial charge in [0.25, 0.3) is 5.91 Å². The number of hydrogen-bond donors (Lipinski definition) is 3. The van der Waals surface area contributed by atoms with Gasteiger partial charge in [-0.3, -0.25) is 14.4 Å². The topological polar surface area (TPSA) is 117 Å². The van der Waals surface area contributed by atoms with Crippen molar-refractivity contribution in [1.82, 2.24) is 20.9 Å². The van der Waals surface area contributed by atoms with E-state index < -0.39 is 61.8 Å². The number of thioether (sulfide) groups is 3. The molecule has 9 aromatic rings. The zero-order valence-corrected chi connectivity index (χ0v) is 51.0. The highest BCUT2D eigenvalue weighted by atomic mass is 32.2. The van der Waals surface area contributed by atoms with Gasteiger partial charge < -0.3 is 25.6 Å². The van der Waals surface area contributed by atoms with Gasteiger partial charge in [0.05, 0.1) is 14.2 Å². The molecule has 0 saturated heterocycles. The molecule has 12 heteroatoms. The largest absolute Gasteiger partial charge is 0.435 e. The molecule has 0 heterocycles. The third-order valence-electron chi connectivity index (χ3n) is 15.3. The highest BCUT2D eigenvalue weighted by Crippen LogP contribution is 2.51. The monoisotopic (exact) mass is 1180 g/mol. The number of nitrogens with one attached hydrogen (secondary N) is 3. The van der Waals surface area contributed by atoms with Crippen LogP contribution in [-0.2, 0) is 33.4 Å². The lowest BCUT2D eigenvalue weighted by atomic mass is 9.84. The summed E-state index contributed by atoms with van der Waals surface area (Å²) < 4.78 is 3.79. The number of rotatable bonds is 24. The molecule has 9 nitrogen and oxygen atoms in total. The molecule has 0 fully saturated rings. The van der Waals surface area contributed by atoms with E-state index in [-0.39, 0.29) is 17.3 Å². The molecule has 0 aliphatic carbocycles. The number of carbonyl (C=O) groups is 4. The molecule has 3 atom stereocenters. The Bertz CT molecular complexity index is 3260. The van der Waals surface area contributed by atoms with E-state index >= 15 is 9.59 Å². The fraction of sp³-hybridized carbons (Fsp3) is 0.205. The van der Waals surface area contributed by atoms with E-state index in [4.69, 9.17) is 4.74 Å². The van der Waals surface area contributed by atoms with Crippen molar-refractivity contribution in [2.45, 2.75) is 58.7 Å². The lowest BCUT2D eigenvalue weighted by Crippen LogP contribution is -2.57. The van der Waals surface area contributed by atoms with Crippen molar-refractivity contribution in [3.8, 4) is 0 Å². The van der Waals surface area contributed by atoms with Gasteiger partial charge in [-0.1, -0.05) is 273 Å². The molecule has 0 saturated carbocycles. The Kier molecular flexibility index (Phi) is 20.6. The van der Waals surface area contributed by atoms with E-state index in [2.05, 4.69) is 125 Å². The van der Waals surface area contributed by atoms with Crippen LogP contribution in [0.3, 0.4) is 0 Å². The minimum absolute atomic E-state index is 0.00351. The Balaban J connectivity index is 1.15. The minimum atomic E-state index is -1.44. The van der Waals surface area contributed by atoms with Crippen LogP contribution in [0.1, 0.15) is 70.8 Å². The highest BCUT2D eigenvalue weighted by molar-refractivity contribution is 8.01. The second-order valence-electron chi connectivity index (χ2n) is 21.6. The van der Waals surface area contributed by atoms with Crippen molar-refractivity contribution in [3.63, 3.8) is 0 Å². The van der Waals surface area contributed by atoms with Gasteiger partial charge in [0.1, 0.15) is 12.1 Å². The van der Waals surface area contributed by atoms with Gasteiger partial charge in [0, 0.05) is 36.9 Å². The number of hydrogen-bond acceptors (Lipinski definition) is 8. The average molecular weight is 1180 g/mol. The van der Waals surface area contributed by atoms with Gasteiger partial charge in [-0.2, -0.15) is 0 Å². The van der Waals surface area contributed by atoms with Crippen molar-refractivity contribution in [2.75, 3.05) is 31.4 Å². The molecule has 3 N–H and O–H groups in total. The summed E-state index contributed by atoms with van der Waals surface area (Å²) in [4.78, 5) is 62.2. The smallest absolute Gasteiger partial charge is 0.410 e. The second-order valence-corrected chi connectivity index (χ2v) is 25.3. The standard InChI is InChI=1S/C73H72N4O5S3/c1-70(2,3)77(5)69(81)82-65(53-85-73(60-45-27-12-28-46-60,61-47-29-13-30-48-61)62-49-31-14-32-50-62)68(80)76-64(52-84-72(57-39-21-9-22-40-57,58-41-23-10-24-42-58)59-43-25-11-26-44-59)67(79)75-63(66(78)74-4)51-83-71(54-33-15-6-16-34-54,55-35-17-7-18-36-55)56-37-19-8-20-38-56/h6-50,63-65H,51-53H2,1-5H3,(H,74,78)(H,75,79)(H,76,80)/t63-,64-,65-/m1/s1. The molecule has 0 aromatic heterocycles. The summed E-state index contributed by atoms with van der Waals surface area (Å²) in [6, 6.07) is 88.9. The second kappa shape index (κ2) is 28.5. The summed E-state index contributed by atoms with van der Waals surface area (Å²) in [7, 11) is 3.20. The third kappa shape index (κ3) is 14.0. The van der Waals surface area contributed by atoms with Gasteiger partial charge in [-0.15, -0.1) is 35.3 Å². The number of carbonyl (C=O) groups excluding carboxylic acids is 4. The molecular formula is C73H72N4O5S3. The van der Waals surface area contributed by atoms with E-state index in [0.29, 0.717) is 0 Å². The fourth-order valence-corrected chi connectivity index (χ4v) is 15.3. The molecular weight excluding hydrogens is 1110 g/mol. The molecule has 9 aromatic carbocycles. The summed E-state index contributed by atoms with van der Waals surface area (Å²) >= 11 is 4.52. The van der Waals surface area contributed by atoms with E-state index in [0.717, 1.165) is 50.1 Å². The van der Waals surface area contributed by atoms with Crippen LogP contribution in [0.5, 0.6) is 0 Å². The first-order chi connectivity index (χ1) is 41.3. The van der Waals surface area contributed by atoms with Crippen LogP contribution in [0.2, 0.25) is 0 Å². The molecule has 0 bridgehead atoms. The Morgan fingerprint density at radius 2 is 0.588 bits per heavy atom. The zero-order chi connectivity index (χ0) is 59.7. The van der Waals surface area contributed by atoms with Crippen LogP contribution in [0.15, 0.2) is 273 Å². The van der Waals surface area contributed by atoms with Gasteiger partial charge >= 0.3 is 6.09 Å². The van der Waals surface area contributed by atoms with Crippen molar-refractivity contribution < 1.29 is 23.9 Å². The van der Waals surface area contributed by atoms with Crippen LogP contribution in [0.25, 0.3) is 0 Å². The van der Waals surface area contributed by atoms with Gasteiger partial charge in [-0.25, -0.2) is 4.79 Å². The SMILES string of the molecule is CNC(=O)[C@@H](CSC(c1ccccc1)(c1ccccc1)c1ccccc1)NC(=O)[C@@H](CSC(c1ccccc1)(c1ccccc1)c1ccccc1)NC(=O)[C@@H](CSC(c1ccccc1)(c1ccccc1)c1ccccc1)OC(=O)N(C)C(C)(C)C. The summed E-state index contributed by atoms with van der Waals surface area (Å²) in [5.41, 5.74) is 8.03. The summed E-state index contributed by atoms with van der Waals surface area (Å²) in [6.07, 6.45) is -2.14. The minimum Gasteiger partial charge on any atom is -0.435 e. The molecule has 85 heavy (non-hydrogen) atoms. The van der Waals surface area contributed by atoms with E-state index in [9.17, 15) is 9.59 Å². The van der Waals surface area contributed by atoms with Gasteiger partial charge in [0.2, 0.25) is 11.8 Å². The molecule has 0 unspecified atom stereocenters. The number of nitrogens with zero attached hydrogens (tertiary/aromatic N) is 1. The van der Waals surface area contributed by atoms with Gasteiger partial charge in [0.15, 0.2) is 6.10 Å². The average Bonchev–Trinajstić information content (AvgIpc) is 1.52. The van der Waals surface area contributed by atoms with E-state index in [1.54, 1.807) is 25.9 Å². The summed E-state index contributed by atoms with van der Waals surface area (Å²) in [5.74, 6) is -1.60. The number of ether oxygens (including phenoxy) is 1. The maximum absolute atomic E-state index is 15.9. The normalized spacial score (nSPS) is 12.9. The Morgan fingerprint density at radius 3 is 0.824 bits per heavy atom. The summed E-state index contributed by atoms with van der Waals surface area (Å²) in [6.45, 7) is 5.68. The number of amides is 4. The zero-order valence-electron chi connectivity index (χ0n) is 48.5. The molecule has 0 aliphatic rings. The molecule has 0 radical (unpaired) electrons.